The van der Waals surface area contributed by atoms with Crippen molar-refractivity contribution in [2.75, 3.05) is 32.7 Å². The van der Waals surface area contributed by atoms with Crippen molar-refractivity contribution in [1.82, 2.24) is 9.80 Å². The summed E-state index contributed by atoms with van der Waals surface area (Å²) in [5.41, 5.74) is 6.23. The van der Waals surface area contributed by atoms with Gasteiger partial charge in [0, 0.05) is 31.7 Å². The molecule has 0 saturated carbocycles. The van der Waals surface area contributed by atoms with Crippen LogP contribution in [0.1, 0.15) is 47.5 Å². The minimum absolute atomic E-state index is 0.0139. The van der Waals surface area contributed by atoms with Gasteiger partial charge in [-0.25, -0.2) is 0 Å². The molecule has 0 amide bonds. The van der Waals surface area contributed by atoms with Gasteiger partial charge in [-0.05, 0) is 46.5 Å². The number of piperidine rings is 1. The summed E-state index contributed by atoms with van der Waals surface area (Å²) in [4.78, 5) is 9.43. The second-order valence-electron chi connectivity index (χ2n) is 7.82. The van der Waals surface area contributed by atoms with Crippen LogP contribution in [0.3, 0.4) is 0 Å². The second-order valence-corrected chi connectivity index (χ2v) is 7.82. The third kappa shape index (κ3) is 4.59. The van der Waals surface area contributed by atoms with Crippen LogP contribution in [0.2, 0.25) is 0 Å². The molecule has 2 saturated heterocycles. The highest BCUT2D eigenvalue weighted by atomic mass is 16.5. The molecule has 2 heterocycles. The fourth-order valence-corrected chi connectivity index (χ4v) is 3.38. The first-order valence-corrected chi connectivity index (χ1v) is 8.73. The number of morpholine rings is 1. The number of hydrogen-bond donors (Lipinski definition) is 1. The lowest BCUT2D eigenvalue weighted by Gasteiger charge is -2.44. The Morgan fingerprint density at radius 2 is 1.68 bits per heavy atom. The molecule has 2 N–H and O–H groups in total. The van der Waals surface area contributed by atoms with Crippen LogP contribution in [0.5, 0.6) is 0 Å². The summed E-state index contributed by atoms with van der Waals surface area (Å²) >= 11 is 0. The number of aliphatic imine (C=N–C) groups is 1. The Hall–Kier alpha value is -0.810. The highest BCUT2D eigenvalue weighted by molar-refractivity contribution is 5.78. The molecule has 5 heteroatoms. The van der Waals surface area contributed by atoms with E-state index in [1.807, 2.05) is 0 Å². The maximum absolute atomic E-state index is 6.22. The van der Waals surface area contributed by atoms with Gasteiger partial charge in [-0.1, -0.05) is 6.92 Å². The van der Waals surface area contributed by atoms with Crippen LogP contribution in [-0.2, 0) is 4.74 Å². The van der Waals surface area contributed by atoms with Crippen molar-refractivity contribution in [3.05, 3.63) is 0 Å². The van der Waals surface area contributed by atoms with E-state index in [9.17, 15) is 0 Å². The Morgan fingerprint density at radius 3 is 2.23 bits per heavy atom. The van der Waals surface area contributed by atoms with Gasteiger partial charge in [-0.3, -0.25) is 9.89 Å². The molecule has 2 unspecified atom stereocenters. The monoisotopic (exact) mass is 310 g/mol. The van der Waals surface area contributed by atoms with Gasteiger partial charge >= 0.3 is 0 Å². The van der Waals surface area contributed by atoms with Crippen molar-refractivity contribution in [3.8, 4) is 0 Å². The molecule has 0 aromatic carbocycles. The van der Waals surface area contributed by atoms with Crippen molar-refractivity contribution in [3.63, 3.8) is 0 Å². The van der Waals surface area contributed by atoms with Crippen molar-refractivity contribution >= 4 is 5.96 Å². The van der Waals surface area contributed by atoms with Gasteiger partial charge < -0.3 is 15.4 Å². The van der Waals surface area contributed by atoms with Crippen LogP contribution in [-0.4, -0.2) is 66.2 Å². The number of hydrogen-bond acceptors (Lipinski definition) is 3. The summed E-state index contributed by atoms with van der Waals surface area (Å²) in [5, 5.41) is 0. The van der Waals surface area contributed by atoms with Crippen molar-refractivity contribution < 1.29 is 4.74 Å². The quantitative estimate of drug-likeness (QED) is 0.639. The van der Waals surface area contributed by atoms with E-state index in [2.05, 4.69) is 44.4 Å². The summed E-state index contributed by atoms with van der Waals surface area (Å²) in [5.74, 6) is 1.53. The van der Waals surface area contributed by atoms with Gasteiger partial charge in [-0.15, -0.1) is 0 Å². The molecule has 0 spiro atoms. The lowest BCUT2D eigenvalue weighted by atomic mass is 9.99. The van der Waals surface area contributed by atoms with Gasteiger partial charge in [0.05, 0.1) is 18.8 Å². The third-order valence-corrected chi connectivity index (χ3v) is 5.01. The molecular weight excluding hydrogens is 276 g/mol. The molecule has 2 aliphatic rings. The van der Waals surface area contributed by atoms with Crippen LogP contribution in [0.4, 0.5) is 0 Å². The normalized spacial score (nSPS) is 29.9. The third-order valence-electron chi connectivity index (χ3n) is 5.01. The molecule has 5 nitrogen and oxygen atoms in total. The highest BCUT2D eigenvalue weighted by Gasteiger charge is 2.33. The predicted molar refractivity (Wildman–Crippen MR) is 92.1 cm³/mol. The molecule has 2 fully saturated rings. The number of ether oxygens (including phenoxy) is 1. The number of nitrogens with zero attached hydrogens (tertiary/aromatic N) is 3. The molecule has 2 rings (SSSR count). The van der Waals surface area contributed by atoms with E-state index >= 15 is 0 Å². The minimum atomic E-state index is 0.0139. The van der Waals surface area contributed by atoms with Crippen LogP contribution in [0.15, 0.2) is 4.99 Å². The van der Waals surface area contributed by atoms with E-state index in [-0.39, 0.29) is 17.7 Å². The lowest BCUT2D eigenvalue weighted by Crippen LogP contribution is -2.56. The standard InChI is InChI=1S/C17H34N4O/c1-13-6-8-20(9-7-13)16(18)19-12-17(4,5)21-10-14(2)22-15(3)11-21/h13-15H,6-12H2,1-5H3,(H2,18,19). The maximum atomic E-state index is 6.22. The topological polar surface area (TPSA) is 54.1 Å². The minimum Gasteiger partial charge on any atom is -0.373 e. The van der Waals surface area contributed by atoms with Gasteiger partial charge in [-0.2, -0.15) is 0 Å². The van der Waals surface area contributed by atoms with Crippen molar-refractivity contribution in [1.29, 1.82) is 0 Å². The summed E-state index contributed by atoms with van der Waals surface area (Å²) in [6.45, 7) is 15.9. The van der Waals surface area contributed by atoms with Crippen molar-refractivity contribution in [2.24, 2.45) is 16.6 Å². The largest absolute Gasteiger partial charge is 0.373 e. The zero-order valence-electron chi connectivity index (χ0n) is 15.0. The first-order valence-electron chi connectivity index (χ1n) is 8.73. The molecule has 2 aliphatic heterocycles. The zero-order chi connectivity index (χ0) is 16.3. The predicted octanol–water partition coefficient (Wildman–Crippen LogP) is 1.92. The van der Waals surface area contributed by atoms with E-state index < -0.39 is 0 Å². The van der Waals surface area contributed by atoms with E-state index in [1.54, 1.807) is 0 Å². The summed E-state index contributed by atoms with van der Waals surface area (Å²) in [7, 11) is 0. The fraction of sp³-hybridized carbons (Fsp3) is 0.941. The second kappa shape index (κ2) is 7.18. The molecule has 0 aliphatic carbocycles. The summed E-state index contributed by atoms with van der Waals surface area (Å²) in [6, 6.07) is 0. The van der Waals surface area contributed by atoms with Gasteiger partial charge in [0.15, 0.2) is 5.96 Å². The number of likely N-dealkylation sites (tertiary alicyclic amines) is 1. The Balaban J connectivity index is 1.91. The molecule has 2 atom stereocenters. The number of nitrogens with two attached hydrogens (primary N) is 1. The SMILES string of the molecule is CC1CCN(C(N)=NCC(C)(C)N2CC(C)OC(C)C2)CC1. The fourth-order valence-electron chi connectivity index (χ4n) is 3.38. The molecule has 0 aromatic rings. The summed E-state index contributed by atoms with van der Waals surface area (Å²) < 4.78 is 5.83. The molecule has 22 heavy (non-hydrogen) atoms. The van der Waals surface area contributed by atoms with Gasteiger partial charge in [0.25, 0.3) is 0 Å². The molecule has 0 aromatic heterocycles. The number of guanidine groups is 1. The van der Waals surface area contributed by atoms with E-state index in [1.165, 1.54) is 12.8 Å². The zero-order valence-corrected chi connectivity index (χ0v) is 15.0. The van der Waals surface area contributed by atoms with Gasteiger partial charge in [0.2, 0.25) is 0 Å². The molecule has 0 bridgehead atoms. The number of rotatable bonds is 3. The van der Waals surface area contributed by atoms with Crippen LogP contribution in [0, 0.1) is 5.92 Å². The molecule has 128 valence electrons. The molecule has 0 radical (unpaired) electrons. The Kier molecular flexibility index (Phi) is 5.72. The maximum Gasteiger partial charge on any atom is 0.191 e. The first kappa shape index (κ1) is 17.5. The van der Waals surface area contributed by atoms with Crippen LogP contribution in [0.25, 0.3) is 0 Å². The van der Waals surface area contributed by atoms with Crippen molar-refractivity contribution in [2.45, 2.75) is 65.2 Å². The van der Waals surface area contributed by atoms with Crippen LogP contribution < -0.4 is 5.73 Å². The summed E-state index contributed by atoms with van der Waals surface area (Å²) in [6.07, 6.45) is 3.01. The average molecular weight is 310 g/mol. The average Bonchev–Trinajstić information content (AvgIpc) is 2.44. The van der Waals surface area contributed by atoms with E-state index in [0.717, 1.165) is 38.6 Å². The highest BCUT2D eigenvalue weighted by Crippen LogP contribution is 2.22. The lowest BCUT2D eigenvalue weighted by molar-refractivity contribution is -0.0939. The van der Waals surface area contributed by atoms with E-state index in [0.29, 0.717) is 5.96 Å². The molecular formula is C17H34N4O. The van der Waals surface area contributed by atoms with Gasteiger partial charge in [0.1, 0.15) is 0 Å². The first-order chi connectivity index (χ1) is 10.3. The Morgan fingerprint density at radius 1 is 1.14 bits per heavy atom. The Bertz CT molecular complexity index is 378. The Labute approximate surface area is 135 Å². The smallest absolute Gasteiger partial charge is 0.191 e. The van der Waals surface area contributed by atoms with E-state index in [4.69, 9.17) is 15.5 Å². The van der Waals surface area contributed by atoms with Crippen LogP contribution >= 0.6 is 0 Å².